The Hall–Kier alpha value is -1.19. The van der Waals surface area contributed by atoms with Crippen molar-refractivity contribution in [1.82, 2.24) is 4.90 Å². The van der Waals surface area contributed by atoms with Gasteiger partial charge in [-0.05, 0) is 0 Å². The monoisotopic (exact) mass is 115 g/mol. The minimum absolute atomic E-state index is 0.162. The quantitative estimate of drug-likeness (QED) is 0.440. The van der Waals surface area contributed by atoms with E-state index in [0.29, 0.717) is 4.90 Å². The van der Waals surface area contributed by atoms with Crippen LogP contribution in [0.15, 0.2) is 0 Å². The van der Waals surface area contributed by atoms with Gasteiger partial charge in [0, 0.05) is 6.92 Å². The second-order valence-corrected chi connectivity index (χ2v) is 1.14. The third kappa shape index (κ3) is 1.51. The maximum Gasteiger partial charge on any atom is 0.232 e. The molecule has 0 unspecified atom stereocenters. The molecule has 0 saturated heterocycles. The summed E-state index contributed by atoms with van der Waals surface area (Å²) in [5.74, 6) is -0.574. The highest BCUT2D eigenvalue weighted by Crippen LogP contribution is 1.73. The minimum atomic E-state index is -0.574. The zero-order valence-corrected chi connectivity index (χ0v) is 4.33. The molecule has 4 nitrogen and oxygen atoms in total. The highest BCUT2D eigenvalue weighted by atomic mass is 16.2. The van der Waals surface area contributed by atoms with Gasteiger partial charge in [0.15, 0.2) is 0 Å². The van der Waals surface area contributed by atoms with Crippen molar-refractivity contribution in [3.05, 3.63) is 0 Å². The number of amides is 3. The second-order valence-electron chi connectivity index (χ2n) is 1.14. The third-order valence-electron chi connectivity index (χ3n) is 0.591. The van der Waals surface area contributed by atoms with E-state index in [1.54, 1.807) is 0 Å². The average molecular weight is 115 g/mol. The summed E-state index contributed by atoms with van der Waals surface area (Å²) in [6.45, 7) is 1.13. The van der Waals surface area contributed by atoms with E-state index < -0.39 is 5.91 Å². The largest absolute Gasteiger partial charge is 0.278 e. The molecule has 44 valence electrons. The smallest absolute Gasteiger partial charge is 0.232 e. The first-order valence-electron chi connectivity index (χ1n) is 1.92. The van der Waals surface area contributed by atoms with E-state index in [-0.39, 0.29) is 12.8 Å². The van der Waals surface area contributed by atoms with Gasteiger partial charge in [0.25, 0.3) is 0 Å². The van der Waals surface area contributed by atoms with E-state index in [0.717, 1.165) is 6.92 Å². The lowest BCUT2D eigenvalue weighted by Crippen LogP contribution is -2.24. The molecule has 0 bridgehead atoms. The fourth-order valence-electron chi connectivity index (χ4n) is 0.173. The molecule has 0 saturated carbocycles. The topological polar surface area (TPSA) is 54.5 Å². The van der Waals surface area contributed by atoms with Gasteiger partial charge in [-0.25, -0.2) is 4.90 Å². The van der Waals surface area contributed by atoms with Gasteiger partial charge in [0.2, 0.25) is 18.7 Å². The maximum atomic E-state index is 10.1. The predicted octanol–water partition coefficient (Wildman–Crippen LogP) is -0.852. The van der Waals surface area contributed by atoms with Crippen LogP contribution < -0.4 is 0 Å². The maximum absolute atomic E-state index is 10.1. The molecule has 8 heavy (non-hydrogen) atoms. The van der Waals surface area contributed by atoms with Crippen LogP contribution in [0.1, 0.15) is 6.92 Å². The van der Waals surface area contributed by atoms with Gasteiger partial charge in [0.1, 0.15) is 0 Å². The predicted molar refractivity (Wildman–Crippen MR) is 24.6 cm³/mol. The summed E-state index contributed by atoms with van der Waals surface area (Å²) in [5, 5.41) is 0. The van der Waals surface area contributed by atoms with Crippen molar-refractivity contribution in [1.29, 1.82) is 0 Å². The minimum Gasteiger partial charge on any atom is -0.278 e. The highest BCUT2D eigenvalue weighted by Gasteiger charge is 2.01. The molecule has 0 spiro atoms. The summed E-state index contributed by atoms with van der Waals surface area (Å²) in [7, 11) is 0. The lowest BCUT2D eigenvalue weighted by atomic mass is 10.6. The van der Waals surface area contributed by atoms with Crippen LogP contribution in [0.4, 0.5) is 0 Å². The highest BCUT2D eigenvalue weighted by molar-refractivity contribution is 5.95. The molecule has 0 rings (SSSR count). The molecule has 0 heterocycles. The van der Waals surface area contributed by atoms with E-state index in [4.69, 9.17) is 0 Å². The molecule has 0 N–H and O–H groups in total. The summed E-state index contributed by atoms with van der Waals surface area (Å²) in [4.78, 5) is 29.8. The number of hydrogen-bond donors (Lipinski definition) is 0. The molecule has 0 aromatic carbocycles. The Bertz CT molecular complexity index is 112. The number of carbonyl (C=O) groups is 3. The fraction of sp³-hybridized carbons (Fsp3) is 0.250. The van der Waals surface area contributed by atoms with Gasteiger partial charge in [-0.1, -0.05) is 0 Å². The molecule has 0 aromatic rings. The Morgan fingerprint density at radius 3 is 1.75 bits per heavy atom. The van der Waals surface area contributed by atoms with Crippen LogP contribution in [0.25, 0.3) is 0 Å². The molecule has 3 amide bonds. The van der Waals surface area contributed by atoms with Crippen molar-refractivity contribution in [2.24, 2.45) is 0 Å². The Balaban J connectivity index is 3.88. The van der Waals surface area contributed by atoms with Gasteiger partial charge in [-0.2, -0.15) is 0 Å². The summed E-state index contributed by atoms with van der Waals surface area (Å²) < 4.78 is 0. The first kappa shape index (κ1) is 6.81. The molecule has 0 aliphatic heterocycles. The van der Waals surface area contributed by atoms with Crippen LogP contribution >= 0.6 is 0 Å². The van der Waals surface area contributed by atoms with Crippen LogP contribution in [-0.4, -0.2) is 23.6 Å². The van der Waals surface area contributed by atoms with Gasteiger partial charge < -0.3 is 0 Å². The van der Waals surface area contributed by atoms with E-state index in [1.165, 1.54) is 0 Å². The zero-order valence-electron chi connectivity index (χ0n) is 4.33. The van der Waals surface area contributed by atoms with Crippen molar-refractivity contribution in [3.8, 4) is 0 Å². The summed E-state index contributed by atoms with van der Waals surface area (Å²) in [5.41, 5.74) is 0. The molecular weight excluding hydrogens is 110 g/mol. The standard InChI is InChI=1S/C4H5NO3/c1-4(8)5(2-6)3-7/h2-3H,1H3. The Kier molecular flexibility index (Phi) is 2.47. The second kappa shape index (κ2) is 2.90. The molecule has 0 atom stereocenters. The number of carbonyl (C=O) groups excluding carboxylic acids is 3. The fourth-order valence-corrected chi connectivity index (χ4v) is 0.173. The molecule has 4 heteroatoms. The Labute approximate surface area is 46.1 Å². The molecule has 0 aliphatic carbocycles. The van der Waals surface area contributed by atoms with Gasteiger partial charge in [-0.3, -0.25) is 14.4 Å². The molecule has 0 fully saturated rings. The van der Waals surface area contributed by atoms with E-state index >= 15 is 0 Å². The first-order valence-corrected chi connectivity index (χ1v) is 1.92. The Morgan fingerprint density at radius 1 is 1.38 bits per heavy atom. The molecule has 0 aromatic heterocycles. The molecule has 0 aliphatic rings. The number of hydrogen-bond acceptors (Lipinski definition) is 3. The lowest BCUT2D eigenvalue weighted by Gasteiger charge is -1.98. The summed E-state index contributed by atoms with van der Waals surface area (Å²) >= 11 is 0. The van der Waals surface area contributed by atoms with Gasteiger partial charge >= 0.3 is 0 Å². The molecular formula is C4H5NO3. The van der Waals surface area contributed by atoms with Crippen LogP contribution in [0.3, 0.4) is 0 Å². The van der Waals surface area contributed by atoms with Crippen molar-refractivity contribution in [2.75, 3.05) is 0 Å². The van der Waals surface area contributed by atoms with E-state index in [1.807, 2.05) is 0 Å². The zero-order chi connectivity index (χ0) is 6.57. The van der Waals surface area contributed by atoms with E-state index in [9.17, 15) is 14.4 Å². The van der Waals surface area contributed by atoms with Gasteiger partial charge in [-0.15, -0.1) is 0 Å². The third-order valence-corrected chi connectivity index (χ3v) is 0.591. The number of nitrogens with zero attached hydrogens (tertiary/aromatic N) is 1. The van der Waals surface area contributed by atoms with Crippen LogP contribution in [0.2, 0.25) is 0 Å². The number of rotatable bonds is 2. The number of imide groups is 3. The summed E-state index contributed by atoms with van der Waals surface area (Å²) in [6, 6.07) is 0. The van der Waals surface area contributed by atoms with Crippen molar-refractivity contribution in [3.63, 3.8) is 0 Å². The van der Waals surface area contributed by atoms with Crippen LogP contribution in [0.5, 0.6) is 0 Å². The summed E-state index contributed by atoms with van der Waals surface area (Å²) in [6.07, 6.45) is 0.324. The van der Waals surface area contributed by atoms with Gasteiger partial charge in [0.05, 0.1) is 0 Å². The van der Waals surface area contributed by atoms with Crippen molar-refractivity contribution in [2.45, 2.75) is 6.92 Å². The van der Waals surface area contributed by atoms with Crippen molar-refractivity contribution >= 4 is 18.7 Å². The average Bonchev–Trinajstić information content (AvgIpc) is 1.69. The Morgan fingerprint density at radius 2 is 1.75 bits per heavy atom. The normalized spacial score (nSPS) is 7.62. The lowest BCUT2D eigenvalue weighted by molar-refractivity contribution is -0.141. The van der Waals surface area contributed by atoms with E-state index in [2.05, 4.69) is 0 Å². The SMILES string of the molecule is CC(=O)N(C=O)C=O. The van der Waals surface area contributed by atoms with Crippen molar-refractivity contribution < 1.29 is 14.4 Å². The van der Waals surface area contributed by atoms with Crippen LogP contribution in [0, 0.1) is 0 Å². The van der Waals surface area contributed by atoms with Crippen LogP contribution in [-0.2, 0) is 14.4 Å². The molecule has 0 radical (unpaired) electrons. The first-order chi connectivity index (χ1) is 3.72.